The average molecular weight is 322 g/mol. The number of hydrogen-bond acceptors (Lipinski definition) is 4. The summed E-state index contributed by atoms with van der Waals surface area (Å²) in [4.78, 5) is 27.1. The van der Waals surface area contributed by atoms with Crippen LogP contribution in [0.25, 0.3) is 0 Å². The van der Waals surface area contributed by atoms with E-state index in [-0.39, 0.29) is 29.6 Å². The van der Waals surface area contributed by atoms with Gasteiger partial charge in [0.25, 0.3) is 0 Å². The van der Waals surface area contributed by atoms with E-state index in [4.69, 9.17) is 4.52 Å². The average Bonchev–Trinajstić information content (AvgIpc) is 3.32. The zero-order valence-corrected chi connectivity index (χ0v) is 13.4. The minimum Gasteiger partial charge on any atom is -0.360 e. The maximum Gasteiger partial charge on any atom is 0.239 e. The Morgan fingerprint density at radius 1 is 1.08 bits per heavy atom. The number of hydrogen-bond donors (Lipinski definition) is 0. The van der Waals surface area contributed by atoms with Crippen LogP contribution in [0.1, 0.15) is 30.1 Å². The van der Waals surface area contributed by atoms with Crippen molar-refractivity contribution in [2.75, 3.05) is 4.90 Å². The molecule has 1 aromatic heterocycles. The van der Waals surface area contributed by atoms with Crippen LogP contribution in [0.15, 0.2) is 40.9 Å². The number of imide groups is 1. The molecular weight excluding hydrogens is 304 g/mol. The Labute approximate surface area is 139 Å². The smallest absolute Gasteiger partial charge is 0.239 e. The number of anilines is 1. The summed E-state index contributed by atoms with van der Waals surface area (Å²) in [6, 6.07) is 12.0. The van der Waals surface area contributed by atoms with Gasteiger partial charge in [-0.05, 0) is 43.1 Å². The SMILES string of the molecule is Cc1cc(N2C(=O)[C@@H]3[C@H]4C[C@H]([C@@H]3C2=O)[C@@H](c2ccccc2)C4)no1. The molecule has 5 rings (SSSR count). The van der Waals surface area contributed by atoms with Crippen LogP contribution in [0.4, 0.5) is 5.82 Å². The van der Waals surface area contributed by atoms with Gasteiger partial charge in [-0.1, -0.05) is 35.5 Å². The predicted octanol–water partition coefficient (Wildman–Crippen LogP) is 2.91. The van der Waals surface area contributed by atoms with Gasteiger partial charge < -0.3 is 4.52 Å². The van der Waals surface area contributed by atoms with Gasteiger partial charge in [-0.3, -0.25) is 9.59 Å². The van der Waals surface area contributed by atoms with Crippen molar-refractivity contribution in [1.82, 2.24) is 5.16 Å². The third-order valence-electron chi connectivity index (χ3n) is 6.09. The molecule has 1 aromatic carbocycles. The fourth-order valence-electron chi connectivity index (χ4n) is 5.23. The van der Waals surface area contributed by atoms with E-state index in [1.807, 2.05) is 18.2 Å². The molecule has 24 heavy (non-hydrogen) atoms. The zero-order chi connectivity index (χ0) is 16.4. The summed E-state index contributed by atoms with van der Waals surface area (Å²) in [5, 5.41) is 3.88. The first kappa shape index (κ1) is 14.0. The van der Waals surface area contributed by atoms with Crippen molar-refractivity contribution in [3.8, 4) is 0 Å². The molecule has 3 fully saturated rings. The largest absolute Gasteiger partial charge is 0.360 e. The standard InChI is InChI=1S/C19H18N2O3/c1-10-7-15(20-24-10)21-18(22)16-12-8-13(11-5-3-2-4-6-11)14(9-12)17(16)19(21)23/h2-7,12-14,16-17H,8-9H2,1H3/t12-,13-,14+,16-,17+/m1/s1. The van der Waals surface area contributed by atoms with Gasteiger partial charge in [-0.2, -0.15) is 0 Å². The quantitative estimate of drug-likeness (QED) is 0.798. The van der Waals surface area contributed by atoms with Crippen LogP contribution in [0, 0.1) is 30.6 Å². The molecule has 122 valence electrons. The van der Waals surface area contributed by atoms with E-state index >= 15 is 0 Å². The predicted molar refractivity (Wildman–Crippen MR) is 86.1 cm³/mol. The number of aryl methyl sites for hydroxylation is 1. The third kappa shape index (κ3) is 1.72. The first-order chi connectivity index (χ1) is 11.6. The van der Waals surface area contributed by atoms with Crippen LogP contribution in [-0.2, 0) is 9.59 Å². The van der Waals surface area contributed by atoms with Gasteiger partial charge in [0.2, 0.25) is 11.8 Å². The molecule has 2 heterocycles. The molecule has 5 atom stereocenters. The molecule has 3 aliphatic rings. The molecule has 0 radical (unpaired) electrons. The van der Waals surface area contributed by atoms with Gasteiger partial charge in [0.05, 0.1) is 11.8 Å². The molecule has 0 N–H and O–H groups in total. The van der Waals surface area contributed by atoms with E-state index < -0.39 is 0 Å². The second kappa shape index (κ2) is 4.79. The maximum atomic E-state index is 13.0. The second-order valence-electron chi connectivity index (χ2n) is 7.27. The minimum atomic E-state index is -0.196. The molecule has 1 saturated heterocycles. The lowest BCUT2D eigenvalue weighted by atomic mass is 9.73. The van der Waals surface area contributed by atoms with Crippen LogP contribution in [-0.4, -0.2) is 17.0 Å². The molecule has 2 aliphatic carbocycles. The summed E-state index contributed by atoms with van der Waals surface area (Å²) in [5.41, 5.74) is 1.29. The van der Waals surface area contributed by atoms with Crippen LogP contribution in [0.3, 0.4) is 0 Å². The molecule has 2 bridgehead atoms. The molecule has 0 unspecified atom stereocenters. The van der Waals surface area contributed by atoms with Gasteiger partial charge in [0, 0.05) is 6.07 Å². The van der Waals surface area contributed by atoms with E-state index in [1.165, 1.54) is 10.5 Å². The summed E-state index contributed by atoms with van der Waals surface area (Å²) < 4.78 is 5.06. The van der Waals surface area contributed by atoms with E-state index in [2.05, 4.69) is 17.3 Å². The van der Waals surface area contributed by atoms with Crippen molar-refractivity contribution >= 4 is 17.6 Å². The highest BCUT2D eigenvalue weighted by atomic mass is 16.5. The van der Waals surface area contributed by atoms with E-state index in [0.29, 0.717) is 23.4 Å². The Morgan fingerprint density at radius 2 is 1.83 bits per heavy atom. The lowest BCUT2D eigenvalue weighted by molar-refractivity contribution is -0.123. The van der Waals surface area contributed by atoms with Crippen molar-refractivity contribution in [3.05, 3.63) is 47.7 Å². The monoisotopic (exact) mass is 322 g/mol. The molecule has 5 heteroatoms. The van der Waals surface area contributed by atoms with Crippen LogP contribution in [0.2, 0.25) is 0 Å². The highest BCUT2D eigenvalue weighted by molar-refractivity contribution is 6.22. The molecule has 2 saturated carbocycles. The second-order valence-corrected chi connectivity index (χ2v) is 7.27. The molecular formula is C19H18N2O3. The van der Waals surface area contributed by atoms with Crippen molar-refractivity contribution < 1.29 is 14.1 Å². The normalized spacial score (nSPS) is 34.2. The van der Waals surface area contributed by atoms with Crippen LogP contribution in [0.5, 0.6) is 0 Å². The topological polar surface area (TPSA) is 63.4 Å². The summed E-state index contributed by atoms with van der Waals surface area (Å²) in [6.07, 6.45) is 1.98. The van der Waals surface area contributed by atoms with Crippen molar-refractivity contribution in [3.63, 3.8) is 0 Å². The number of carbonyl (C=O) groups excluding carboxylic acids is 2. The van der Waals surface area contributed by atoms with Crippen LogP contribution < -0.4 is 4.90 Å². The van der Waals surface area contributed by atoms with Gasteiger partial charge >= 0.3 is 0 Å². The number of nitrogens with zero attached hydrogens (tertiary/aromatic N) is 2. The van der Waals surface area contributed by atoms with E-state index in [0.717, 1.165) is 12.8 Å². The summed E-state index contributed by atoms with van der Waals surface area (Å²) >= 11 is 0. The van der Waals surface area contributed by atoms with E-state index in [1.54, 1.807) is 13.0 Å². The van der Waals surface area contributed by atoms with Crippen molar-refractivity contribution in [2.45, 2.75) is 25.7 Å². The molecule has 5 nitrogen and oxygen atoms in total. The first-order valence-electron chi connectivity index (χ1n) is 8.51. The molecule has 1 aliphatic heterocycles. The van der Waals surface area contributed by atoms with Gasteiger partial charge in [0.15, 0.2) is 5.82 Å². The Bertz CT molecular complexity index is 828. The number of aromatic nitrogens is 1. The molecule has 2 amide bonds. The first-order valence-corrected chi connectivity index (χ1v) is 8.51. The highest BCUT2D eigenvalue weighted by Crippen LogP contribution is 2.61. The molecule has 0 spiro atoms. The summed E-state index contributed by atoms with van der Waals surface area (Å²) in [5.74, 6) is 1.35. The van der Waals surface area contributed by atoms with Gasteiger partial charge in [0.1, 0.15) is 5.76 Å². The van der Waals surface area contributed by atoms with E-state index in [9.17, 15) is 9.59 Å². The number of amides is 2. The van der Waals surface area contributed by atoms with Gasteiger partial charge in [-0.25, -0.2) is 4.90 Å². The number of rotatable bonds is 2. The summed E-state index contributed by atoms with van der Waals surface area (Å²) in [6.45, 7) is 1.76. The fourth-order valence-corrected chi connectivity index (χ4v) is 5.23. The fraction of sp³-hybridized carbons (Fsp3) is 0.421. The Morgan fingerprint density at radius 3 is 2.54 bits per heavy atom. The zero-order valence-electron chi connectivity index (χ0n) is 13.4. The number of benzene rings is 1. The van der Waals surface area contributed by atoms with Crippen molar-refractivity contribution in [2.24, 2.45) is 23.7 Å². The van der Waals surface area contributed by atoms with Crippen LogP contribution >= 0.6 is 0 Å². The maximum absolute atomic E-state index is 13.0. The minimum absolute atomic E-state index is 0.0858. The number of carbonyl (C=O) groups is 2. The highest BCUT2D eigenvalue weighted by Gasteiger charge is 2.64. The molecule has 2 aromatic rings. The lowest BCUT2D eigenvalue weighted by Crippen LogP contribution is -2.33. The van der Waals surface area contributed by atoms with Crippen molar-refractivity contribution in [1.29, 1.82) is 0 Å². The Balaban J connectivity index is 1.50. The number of fused-ring (bicyclic) bond motifs is 5. The third-order valence-corrected chi connectivity index (χ3v) is 6.09. The Kier molecular flexibility index (Phi) is 2.78. The van der Waals surface area contributed by atoms with Gasteiger partial charge in [-0.15, -0.1) is 0 Å². The lowest BCUT2D eigenvalue weighted by Gasteiger charge is -2.28. The summed E-state index contributed by atoms with van der Waals surface area (Å²) in [7, 11) is 0. The Hall–Kier alpha value is -2.43.